The molecule has 1 N–H and O–H groups in total. The van der Waals surface area contributed by atoms with Gasteiger partial charge in [0.05, 0.1) is 0 Å². The minimum Gasteiger partial charge on any atom is -0.463 e. The van der Waals surface area contributed by atoms with Crippen molar-refractivity contribution in [1.82, 2.24) is 3.96 Å². The van der Waals surface area contributed by atoms with Crippen LogP contribution in [0.1, 0.15) is 52.3 Å². The smallest absolute Gasteiger partial charge is 0.432 e. The molecule has 0 fully saturated rings. The molecule has 6 heteroatoms. The van der Waals surface area contributed by atoms with E-state index >= 15 is 0 Å². The predicted molar refractivity (Wildman–Crippen MR) is 79.3 cm³/mol. The molecular formula is C14H22N2O3S. The first-order valence-electron chi connectivity index (χ1n) is 6.68. The van der Waals surface area contributed by atoms with E-state index in [4.69, 9.17) is 5.11 Å². The molecule has 0 aliphatic heterocycles. The number of rotatable bonds is 4. The number of carboxylic acid groups (broad SMARTS) is 1. The highest BCUT2D eigenvalue weighted by Crippen LogP contribution is 2.23. The third-order valence-corrected chi connectivity index (χ3v) is 4.36. The third-order valence-electron chi connectivity index (χ3n) is 2.90. The Balaban J connectivity index is 3.46. The molecular weight excluding hydrogens is 276 g/mol. The van der Waals surface area contributed by atoms with Gasteiger partial charge in [-0.25, -0.2) is 4.79 Å². The minimum atomic E-state index is -1.20. The number of carbonyl (C=O) groups is 2. The Bertz CT molecular complexity index is 576. The zero-order valence-corrected chi connectivity index (χ0v) is 13.5. The van der Waals surface area contributed by atoms with Gasteiger partial charge in [-0.2, -0.15) is 4.99 Å². The quantitative estimate of drug-likeness (QED) is 0.929. The van der Waals surface area contributed by atoms with Gasteiger partial charge in [-0.1, -0.05) is 6.92 Å². The first-order valence-corrected chi connectivity index (χ1v) is 7.45. The third kappa shape index (κ3) is 4.03. The Hall–Kier alpha value is -1.43. The van der Waals surface area contributed by atoms with Crippen molar-refractivity contribution in [3.63, 3.8) is 0 Å². The second-order valence-corrected chi connectivity index (χ2v) is 6.67. The maximum atomic E-state index is 11.2. The Kier molecular flexibility index (Phi) is 5.28. The summed E-state index contributed by atoms with van der Waals surface area (Å²) < 4.78 is 2.61. The monoisotopic (exact) mass is 298 g/mol. The lowest BCUT2D eigenvalue weighted by Crippen LogP contribution is -2.22. The van der Waals surface area contributed by atoms with Crippen molar-refractivity contribution in [2.24, 2.45) is 4.99 Å². The summed E-state index contributed by atoms with van der Waals surface area (Å²) in [4.78, 5) is 25.8. The first kappa shape index (κ1) is 16.6. The molecule has 5 nitrogen and oxygen atoms in total. The van der Waals surface area contributed by atoms with Gasteiger partial charge in [-0.05, 0) is 52.1 Å². The molecule has 0 aromatic carbocycles. The summed E-state index contributed by atoms with van der Waals surface area (Å²) in [7, 11) is 0. The molecule has 1 rings (SSSR count). The van der Waals surface area contributed by atoms with Crippen LogP contribution in [-0.4, -0.2) is 20.9 Å². The Morgan fingerprint density at radius 2 is 1.95 bits per heavy atom. The van der Waals surface area contributed by atoms with Crippen LogP contribution in [0.5, 0.6) is 0 Å². The summed E-state index contributed by atoms with van der Waals surface area (Å²) in [5.74, 6) is 0.0989. The fourth-order valence-electron chi connectivity index (χ4n) is 2.07. The van der Waals surface area contributed by atoms with E-state index in [0.29, 0.717) is 17.5 Å². The summed E-state index contributed by atoms with van der Waals surface area (Å²) >= 11 is 1.36. The maximum Gasteiger partial charge on any atom is 0.432 e. The van der Waals surface area contributed by atoms with E-state index in [1.807, 2.05) is 6.92 Å². The van der Waals surface area contributed by atoms with Gasteiger partial charge in [0.25, 0.3) is 0 Å². The SMILES string of the molecule is CCc1c(CCC(C)=O)c(=NC(=O)O)sn1C(C)(C)C. The van der Waals surface area contributed by atoms with Gasteiger partial charge in [0.1, 0.15) is 10.5 Å². The number of aromatic nitrogens is 1. The van der Waals surface area contributed by atoms with Crippen molar-refractivity contribution < 1.29 is 14.7 Å². The van der Waals surface area contributed by atoms with E-state index in [1.165, 1.54) is 11.5 Å². The van der Waals surface area contributed by atoms with Crippen molar-refractivity contribution in [3.05, 3.63) is 15.9 Å². The van der Waals surface area contributed by atoms with E-state index in [0.717, 1.165) is 17.7 Å². The van der Waals surface area contributed by atoms with Gasteiger partial charge >= 0.3 is 6.09 Å². The van der Waals surface area contributed by atoms with Crippen LogP contribution in [0.2, 0.25) is 0 Å². The van der Waals surface area contributed by atoms with Crippen LogP contribution in [0, 0.1) is 0 Å². The normalized spacial score (nSPS) is 12.8. The molecule has 1 aromatic heterocycles. The molecule has 0 atom stereocenters. The second kappa shape index (κ2) is 6.35. The molecule has 0 saturated heterocycles. The lowest BCUT2D eigenvalue weighted by atomic mass is 10.0. The molecule has 0 aliphatic rings. The molecule has 0 bridgehead atoms. The number of hydrogen-bond donors (Lipinski definition) is 1. The average Bonchev–Trinajstić information content (AvgIpc) is 2.63. The predicted octanol–water partition coefficient (Wildman–Crippen LogP) is 2.97. The van der Waals surface area contributed by atoms with E-state index in [-0.39, 0.29) is 11.3 Å². The van der Waals surface area contributed by atoms with Crippen LogP contribution in [0.3, 0.4) is 0 Å². The summed E-state index contributed by atoms with van der Waals surface area (Å²) in [6, 6.07) is 0. The lowest BCUT2D eigenvalue weighted by Gasteiger charge is -2.23. The van der Waals surface area contributed by atoms with E-state index in [1.54, 1.807) is 6.92 Å². The highest BCUT2D eigenvalue weighted by atomic mass is 32.1. The summed E-state index contributed by atoms with van der Waals surface area (Å²) in [6.07, 6.45) is 0.551. The largest absolute Gasteiger partial charge is 0.463 e. The standard InChI is InChI=1S/C14H22N2O3S/c1-6-11-10(8-7-9(2)17)12(15-13(18)19)20-16(11)14(3,4)5/h6-8H2,1-5H3,(H,18,19). The van der Waals surface area contributed by atoms with Gasteiger partial charge in [0, 0.05) is 23.2 Å². The molecule has 1 aromatic rings. The molecule has 0 saturated carbocycles. The fourth-order valence-corrected chi connectivity index (χ4v) is 3.31. The van der Waals surface area contributed by atoms with E-state index < -0.39 is 6.09 Å². The van der Waals surface area contributed by atoms with Crippen molar-refractivity contribution in [3.8, 4) is 0 Å². The Morgan fingerprint density at radius 3 is 2.35 bits per heavy atom. The summed E-state index contributed by atoms with van der Waals surface area (Å²) in [6.45, 7) is 9.79. The number of nitrogens with zero attached hydrogens (tertiary/aromatic N) is 2. The van der Waals surface area contributed by atoms with Crippen molar-refractivity contribution in [2.75, 3.05) is 0 Å². The minimum absolute atomic E-state index is 0.0989. The van der Waals surface area contributed by atoms with Gasteiger partial charge in [0.15, 0.2) is 0 Å². The summed E-state index contributed by atoms with van der Waals surface area (Å²) in [5, 5.41) is 8.91. The van der Waals surface area contributed by atoms with Gasteiger partial charge in [-0.3, -0.25) is 3.96 Å². The van der Waals surface area contributed by atoms with Crippen molar-refractivity contribution >= 4 is 23.4 Å². The zero-order chi connectivity index (χ0) is 15.5. The molecule has 1 amide bonds. The van der Waals surface area contributed by atoms with Crippen molar-refractivity contribution in [1.29, 1.82) is 0 Å². The number of carbonyl (C=O) groups excluding carboxylic acids is 1. The first-order chi connectivity index (χ1) is 9.16. The Morgan fingerprint density at radius 1 is 1.35 bits per heavy atom. The molecule has 0 radical (unpaired) electrons. The highest BCUT2D eigenvalue weighted by molar-refractivity contribution is 7.04. The van der Waals surface area contributed by atoms with Crippen LogP contribution < -0.4 is 4.67 Å². The number of Topliss-reactive ketones (excluding diaryl/α,β-unsaturated/α-hetero) is 1. The molecule has 0 spiro atoms. The fraction of sp³-hybridized carbons (Fsp3) is 0.643. The highest BCUT2D eigenvalue weighted by Gasteiger charge is 2.22. The maximum absolute atomic E-state index is 11.2. The average molecular weight is 298 g/mol. The van der Waals surface area contributed by atoms with Gasteiger partial charge < -0.3 is 9.90 Å². The molecule has 0 aliphatic carbocycles. The van der Waals surface area contributed by atoms with Gasteiger partial charge in [-0.15, -0.1) is 0 Å². The topological polar surface area (TPSA) is 71.7 Å². The van der Waals surface area contributed by atoms with E-state index in [2.05, 4.69) is 29.7 Å². The molecule has 112 valence electrons. The molecule has 0 unspecified atom stereocenters. The lowest BCUT2D eigenvalue weighted by molar-refractivity contribution is -0.116. The molecule has 1 heterocycles. The number of hydrogen-bond acceptors (Lipinski definition) is 3. The second-order valence-electron chi connectivity index (χ2n) is 5.74. The van der Waals surface area contributed by atoms with Crippen LogP contribution in [0.4, 0.5) is 4.79 Å². The zero-order valence-electron chi connectivity index (χ0n) is 12.7. The van der Waals surface area contributed by atoms with Crippen LogP contribution >= 0.6 is 11.5 Å². The number of ketones is 1. The van der Waals surface area contributed by atoms with Crippen molar-refractivity contribution in [2.45, 2.75) is 59.4 Å². The summed E-state index contributed by atoms with van der Waals surface area (Å²) in [5.41, 5.74) is 1.83. The van der Waals surface area contributed by atoms with E-state index in [9.17, 15) is 9.59 Å². The van der Waals surface area contributed by atoms with Crippen LogP contribution in [0.25, 0.3) is 0 Å². The molecule has 20 heavy (non-hydrogen) atoms. The number of amides is 1. The van der Waals surface area contributed by atoms with Crippen LogP contribution in [0.15, 0.2) is 4.99 Å². The van der Waals surface area contributed by atoms with Crippen LogP contribution in [-0.2, 0) is 23.2 Å². The Labute approximate surface area is 123 Å². The van der Waals surface area contributed by atoms with Gasteiger partial charge in [0.2, 0.25) is 0 Å².